The topological polar surface area (TPSA) is 78.9 Å². The summed E-state index contributed by atoms with van der Waals surface area (Å²) in [5.41, 5.74) is 0. The summed E-state index contributed by atoms with van der Waals surface area (Å²) < 4.78 is 16.8. The van der Waals surface area contributed by atoms with Crippen molar-refractivity contribution in [2.75, 3.05) is 13.2 Å². The van der Waals surface area contributed by atoms with Gasteiger partial charge < -0.3 is 14.2 Å². The van der Waals surface area contributed by atoms with Crippen molar-refractivity contribution in [2.24, 2.45) is 0 Å². The monoisotopic (exact) mass is 965 g/mol. The van der Waals surface area contributed by atoms with E-state index in [1.54, 1.807) is 0 Å². The molecule has 400 valence electrons. The Balaban J connectivity index is 4.01. The molecule has 1 unspecified atom stereocenters. The highest BCUT2D eigenvalue weighted by molar-refractivity contribution is 5.71. The van der Waals surface area contributed by atoms with Gasteiger partial charge in [-0.15, -0.1) is 0 Å². The van der Waals surface area contributed by atoms with Crippen molar-refractivity contribution in [3.63, 3.8) is 0 Å². The molecule has 0 aromatic rings. The minimum atomic E-state index is -0.772. The third-order valence-corrected chi connectivity index (χ3v) is 13.0. The largest absolute Gasteiger partial charge is 0.462 e. The minimum absolute atomic E-state index is 0.0730. The molecule has 0 radical (unpaired) electrons. The molecule has 6 heteroatoms. The lowest BCUT2D eigenvalue weighted by Crippen LogP contribution is -2.30. The number of hydrogen-bond donors (Lipinski definition) is 0. The molecule has 0 amide bonds. The molecule has 0 aliphatic carbocycles. The SMILES string of the molecule is CC/C=C\C/C=C\C/C=C\C/C=C\CCCCCCCCCCCCCCCCCCCCC(=O)OCC(COC(=O)CCCCCCCCCCCC)OC(=O)CCCCCCC/C=C\CCC. The lowest BCUT2D eigenvalue weighted by atomic mass is 10.0. The zero-order chi connectivity index (χ0) is 50.0. The molecule has 0 bridgehead atoms. The summed E-state index contributed by atoms with van der Waals surface area (Å²) in [6, 6.07) is 0. The van der Waals surface area contributed by atoms with Gasteiger partial charge in [0.15, 0.2) is 6.10 Å². The second kappa shape index (κ2) is 57.7. The molecular weight excluding hydrogens is 853 g/mol. The van der Waals surface area contributed by atoms with Crippen molar-refractivity contribution in [1.29, 1.82) is 0 Å². The lowest BCUT2D eigenvalue weighted by molar-refractivity contribution is -0.167. The van der Waals surface area contributed by atoms with E-state index in [0.29, 0.717) is 19.3 Å². The summed E-state index contributed by atoms with van der Waals surface area (Å²) in [5, 5.41) is 0. The van der Waals surface area contributed by atoms with Gasteiger partial charge in [0.1, 0.15) is 13.2 Å². The van der Waals surface area contributed by atoms with E-state index in [-0.39, 0.29) is 31.1 Å². The van der Waals surface area contributed by atoms with Crippen molar-refractivity contribution in [3.05, 3.63) is 60.8 Å². The number of carbonyl (C=O) groups is 3. The van der Waals surface area contributed by atoms with Gasteiger partial charge in [-0.05, 0) is 77.0 Å². The second-order valence-corrected chi connectivity index (χ2v) is 19.9. The van der Waals surface area contributed by atoms with Crippen LogP contribution in [0, 0.1) is 0 Å². The highest BCUT2D eigenvalue weighted by atomic mass is 16.6. The fraction of sp³-hybridized carbons (Fsp3) is 0.794. The number of ether oxygens (including phenoxy) is 3. The Labute approximate surface area is 428 Å². The molecule has 69 heavy (non-hydrogen) atoms. The highest BCUT2D eigenvalue weighted by Crippen LogP contribution is 2.17. The maximum atomic E-state index is 12.8. The van der Waals surface area contributed by atoms with E-state index >= 15 is 0 Å². The van der Waals surface area contributed by atoms with Crippen LogP contribution in [0.2, 0.25) is 0 Å². The van der Waals surface area contributed by atoms with E-state index in [1.165, 1.54) is 161 Å². The van der Waals surface area contributed by atoms with Crippen LogP contribution in [0.3, 0.4) is 0 Å². The van der Waals surface area contributed by atoms with Gasteiger partial charge in [0.05, 0.1) is 0 Å². The predicted molar refractivity (Wildman–Crippen MR) is 298 cm³/mol. The average molecular weight is 966 g/mol. The Hall–Kier alpha value is -2.89. The maximum Gasteiger partial charge on any atom is 0.306 e. The van der Waals surface area contributed by atoms with E-state index in [2.05, 4.69) is 81.5 Å². The van der Waals surface area contributed by atoms with E-state index in [1.807, 2.05) is 0 Å². The smallest absolute Gasteiger partial charge is 0.306 e. The fourth-order valence-electron chi connectivity index (χ4n) is 8.56. The lowest BCUT2D eigenvalue weighted by Gasteiger charge is -2.18. The Morgan fingerprint density at radius 3 is 0.957 bits per heavy atom. The summed E-state index contributed by atoms with van der Waals surface area (Å²) in [7, 11) is 0. The molecule has 1 atom stereocenters. The van der Waals surface area contributed by atoms with Crippen LogP contribution in [0.4, 0.5) is 0 Å². The first-order chi connectivity index (χ1) is 34.0. The minimum Gasteiger partial charge on any atom is -0.462 e. The molecule has 0 saturated heterocycles. The van der Waals surface area contributed by atoms with Crippen LogP contribution in [0.1, 0.15) is 303 Å². The summed E-state index contributed by atoms with van der Waals surface area (Å²) in [6.07, 6.45) is 72.5. The van der Waals surface area contributed by atoms with Gasteiger partial charge in [-0.2, -0.15) is 0 Å². The molecule has 0 aliphatic rings. The summed E-state index contributed by atoms with van der Waals surface area (Å²) >= 11 is 0. The van der Waals surface area contributed by atoms with E-state index in [9.17, 15) is 14.4 Å². The van der Waals surface area contributed by atoms with Gasteiger partial charge in [-0.25, -0.2) is 0 Å². The highest BCUT2D eigenvalue weighted by Gasteiger charge is 2.19. The molecule has 0 saturated carbocycles. The molecule has 0 aliphatic heterocycles. The van der Waals surface area contributed by atoms with Crippen molar-refractivity contribution >= 4 is 17.9 Å². The van der Waals surface area contributed by atoms with Crippen LogP contribution in [0.5, 0.6) is 0 Å². The molecule has 0 fully saturated rings. The van der Waals surface area contributed by atoms with Crippen molar-refractivity contribution in [2.45, 2.75) is 309 Å². The third kappa shape index (κ3) is 55.9. The standard InChI is InChI=1S/C63H112O6/c1-4-7-10-13-16-19-22-23-24-25-26-27-28-29-30-31-32-33-34-35-36-37-38-39-40-41-42-45-47-50-53-56-62(65)68-59-60(69-63(66)57-54-51-48-44-21-18-15-12-9-6-3)58-67-61(64)55-52-49-46-43-20-17-14-11-8-5-2/h7,10,12,15-16,19,23-24,26-27,60H,4-6,8-9,11,13-14,17-18,20-22,25,28-59H2,1-3H3/b10-7-,15-12-,19-16-,24-23-,27-26-. The van der Waals surface area contributed by atoms with Gasteiger partial charge in [-0.1, -0.05) is 268 Å². The zero-order valence-electron chi connectivity index (χ0n) is 45.8. The average Bonchev–Trinajstić information content (AvgIpc) is 3.35. The fourth-order valence-corrected chi connectivity index (χ4v) is 8.56. The van der Waals surface area contributed by atoms with Crippen LogP contribution < -0.4 is 0 Å². The first-order valence-electron chi connectivity index (χ1n) is 29.8. The van der Waals surface area contributed by atoms with Crippen LogP contribution in [0.25, 0.3) is 0 Å². The van der Waals surface area contributed by atoms with Crippen LogP contribution >= 0.6 is 0 Å². The van der Waals surface area contributed by atoms with Gasteiger partial charge in [0, 0.05) is 19.3 Å². The van der Waals surface area contributed by atoms with Crippen LogP contribution in [0.15, 0.2) is 60.8 Å². The first kappa shape index (κ1) is 66.1. The Kier molecular flexibility index (Phi) is 55.3. The summed E-state index contributed by atoms with van der Waals surface area (Å²) in [4.78, 5) is 37.9. The molecular formula is C63H112O6. The number of allylic oxidation sites excluding steroid dienone is 10. The number of hydrogen-bond acceptors (Lipinski definition) is 6. The molecule has 0 aromatic heterocycles. The Morgan fingerprint density at radius 2 is 0.594 bits per heavy atom. The van der Waals surface area contributed by atoms with Gasteiger partial charge >= 0.3 is 17.9 Å². The van der Waals surface area contributed by atoms with Gasteiger partial charge in [-0.3, -0.25) is 14.4 Å². The normalized spacial score (nSPS) is 12.4. The van der Waals surface area contributed by atoms with E-state index < -0.39 is 6.10 Å². The molecule has 0 heterocycles. The second-order valence-electron chi connectivity index (χ2n) is 19.9. The van der Waals surface area contributed by atoms with Crippen LogP contribution in [-0.2, 0) is 28.6 Å². The number of unbranched alkanes of at least 4 members (excludes halogenated alkanes) is 33. The maximum absolute atomic E-state index is 12.8. The van der Waals surface area contributed by atoms with Crippen molar-refractivity contribution < 1.29 is 28.6 Å². The number of carbonyl (C=O) groups excluding carboxylic acids is 3. The molecule has 0 aromatic carbocycles. The quantitative estimate of drug-likeness (QED) is 0.0262. The Bertz CT molecular complexity index is 1250. The first-order valence-corrected chi connectivity index (χ1v) is 29.8. The Morgan fingerprint density at radius 1 is 0.304 bits per heavy atom. The van der Waals surface area contributed by atoms with E-state index in [0.717, 1.165) is 103 Å². The molecule has 0 N–H and O–H groups in total. The summed E-state index contributed by atoms with van der Waals surface area (Å²) in [6.45, 7) is 6.47. The van der Waals surface area contributed by atoms with Gasteiger partial charge in [0.2, 0.25) is 0 Å². The number of esters is 3. The van der Waals surface area contributed by atoms with Crippen LogP contribution in [-0.4, -0.2) is 37.2 Å². The van der Waals surface area contributed by atoms with E-state index in [4.69, 9.17) is 14.2 Å². The van der Waals surface area contributed by atoms with Gasteiger partial charge in [0.25, 0.3) is 0 Å². The molecule has 0 spiro atoms. The summed E-state index contributed by atoms with van der Waals surface area (Å²) in [5.74, 6) is -0.874. The zero-order valence-corrected chi connectivity index (χ0v) is 45.8. The van der Waals surface area contributed by atoms with Crippen molar-refractivity contribution in [1.82, 2.24) is 0 Å². The molecule has 0 rings (SSSR count). The molecule has 6 nitrogen and oxygen atoms in total. The van der Waals surface area contributed by atoms with Crippen molar-refractivity contribution in [3.8, 4) is 0 Å². The predicted octanol–water partition coefficient (Wildman–Crippen LogP) is 20.0. The number of rotatable bonds is 54. The third-order valence-electron chi connectivity index (χ3n) is 13.0.